The Balaban J connectivity index is 0.954. The topological polar surface area (TPSA) is 0 Å². The highest BCUT2D eigenvalue weighted by molar-refractivity contribution is 6.26. The Hall–Kier alpha value is -7.54. The van der Waals surface area contributed by atoms with Crippen LogP contribution in [0.15, 0.2) is 206 Å². The van der Waals surface area contributed by atoms with E-state index in [1.807, 2.05) is 0 Å². The van der Waals surface area contributed by atoms with Gasteiger partial charge < -0.3 is 0 Å². The average molecular weight is 733 g/mol. The quantitative estimate of drug-likeness (QED) is 0.122. The van der Waals surface area contributed by atoms with Gasteiger partial charge in [0.15, 0.2) is 0 Å². The highest BCUT2D eigenvalue weighted by Gasteiger charge is 2.24. The van der Waals surface area contributed by atoms with Crippen molar-refractivity contribution in [2.75, 3.05) is 0 Å². The molecule has 0 heteroatoms. The third-order valence-electron chi connectivity index (χ3n) is 12.4. The molecule has 0 saturated carbocycles. The van der Waals surface area contributed by atoms with Crippen molar-refractivity contribution in [2.24, 2.45) is 0 Å². The Morgan fingerprint density at radius 3 is 1.43 bits per heavy atom. The molecular weight excluding hydrogens is 697 g/mol. The maximum absolute atomic E-state index is 2.36. The van der Waals surface area contributed by atoms with Gasteiger partial charge in [0.25, 0.3) is 0 Å². The molecule has 0 aromatic heterocycles. The first-order valence-corrected chi connectivity index (χ1v) is 20.2. The van der Waals surface area contributed by atoms with E-state index in [-0.39, 0.29) is 0 Å². The molecule has 0 saturated heterocycles. The summed E-state index contributed by atoms with van der Waals surface area (Å²) in [6.45, 7) is 0. The molecule has 0 heterocycles. The van der Waals surface area contributed by atoms with Crippen LogP contribution in [0.25, 0.3) is 122 Å². The van der Waals surface area contributed by atoms with Crippen molar-refractivity contribution in [3.63, 3.8) is 0 Å². The second-order valence-electron chi connectivity index (χ2n) is 15.5. The lowest BCUT2D eigenvalue weighted by molar-refractivity contribution is 1.63. The van der Waals surface area contributed by atoms with Crippen molar-refractivity contribution in [1.82, 2.24) is 0 Å². The molecule has 58 heavy (non-hydrogen) atoms. The summed E-state index contributed by atoms with van der Waals surface area (Å²) in [5.74, 6) is 0. The van der Waals surface area contributed by atoms with Crippen LogP contribution in [-0.4, -0.2) is 0 Å². The molecule has 12 rings (SSSR count). The zero-order chi connectivity index (χ0) is 38.2. The summed E-state index contributed by atoms with van der Waals surface area (Å²) in [5, 5.41) is 12.8. The maximum atomic E-state index is 2.36. The van der Waals surface area contributed by atoms with Gasteiger partial charge in [-0.1, -0.05) is 218 Å². The van der Waals surface area contributed by atoms with Gasteiger partial charge in [0.05, 0.1) is 0 Å². The summed E-state index contributed by atoms with van der Waals surface area (Å²) in [6.07, 6.45) is 4.51. The third kappa shape index (κ3) is 4.95. The molecule has 0 fully saturated rings. The van der Waals surface area contributed by atoms with Crippen molar-refractivity contribution < 1.29 is 0 Å². The van der Waals surface area contributed by atoms with Crippen molar-refractivity contribution in [3.05, 3.63) is 217 Å². The molecule has 0 spiro atoms. The van der Waals surface area contributed by atoms with Gasteiger partial charge in [-0.2, -0.15) is 0 Å². The van der Waals surface area contributed by atoms with E-state index >= 15 is 0 Å². The van der Waals surface area contributed by atoms with E-state index in [1.54, 1.807) is 0 Å². The monoisotopic (exact) mass is 732 g/mol. The standard InChI is InChI=1S/C58H36/c1-2-15-41-38(13-1)14-11-24-44(41)47-34-33-39(42-16-3-4-17-43(42)47)30-27-37-28-31-40(32-29-37)56-49-20-7-9-22-51(49)58(52-23-10-8-21-50(52)56)55-36-35-54-46-19-6-5-18-45(46)48-25-12-26-53(55)57(48)54/h1-36H/b30-27+. The molecule has 11 aromatic carbocycles. The number of hydrogen-bond donors (Lipinski definition) is 0. The minimum Gasteiger partial charge on any atom is -0.0616 e. The lowest BCUT2D eigenvalue weighted by atomic mass is 9.84. The normalized spacial score (nSPS) is 12.1. The molecule has 1 aliphatic rings. The summed E-state index contributed by atoms with van der Waals surface area (Å²) in [4.78, 5) is 0. The summed E-state index contributed by atoms with van der Waals surface area (Å²) < 4.78 is 0. The lowest BCUT2D eigenvalue weighted by Gasteiger charge is -2.19. The molecule has 0 nitrogen and oxygen atoms in total. The van der Waals surface area contributed by atoms with Crippen LogP contribution in [0.4, 0.5) is 0 Å². The van der Waals surface area contributed by atoms with Crippen LogP contribution in [0.1, 0.15) is 11.1 Å². The summed E-state index contributed by atoms with van der Waals surface area (Å²) in [5.41, 5.74) is 15.3. The van der Waals surface area contributed by atoms with Gasteiger partial charge in [0.2, 0.25) is 0 Å². The second kappa shape index (κ2) is 13.0. The van der Waals surface area contributed by atoms with Gasteiger partial charge >= 0.3 is 0 Å². The fourth-order valence-electron chi connectivity index (χ4n) is 9.87. The SMILES string of the molecule is C(=C\c1ccc(-c2cccc3ccccc23)c2ccccc12)/c1ccc(-c2c3ccccc3c(-c3ccc4c5c(cccc35)-c3ccccc3-4)c3ccccc23)cc1. The van der Waals surface area contributed by atoms with E-state index < -0.39 is 0 Å². The fourth-order valence-corrected chi connectivity index (χ4v) is 9.87. The zero-order valence-corrected chi connectivity index (χ0v) is 31.8. The third-order valence-corrected chi connectivity index (χ3v) is 12.4. The summed E-state index contributed by atoms with van der Waals surface area (Å²) in [7, 11) is 0. The lowest BCUT2D eigenvalue weighted by Crippen LogP contribution is -1.92. The predicted octanol–water partition coefficient (Wildman–Crippen LogP) is 16.3. The van der Waals surface area contributed by atoms with Gasteiger partial charge in [-0.15, -0.1) is 0 Å². The van der Waals surface area contributed by atoms with Crippen LogP contribution >= 0.6 is 0 Å². The Morgan fingerprint density at radius 1 is 0.241 bits per heavy atom. The minimum absolute atomic E-state index is 1.17. The van der Waals surface area contributed by atoms with Gasteiger partial charge in [-0.05, 0) is 121 Å². The first kappa shape index (κ1) is 32.7. The molecular formula is C58H36. The molecule has 1 aliphatic carbocycles. The number of hydrogen-bond acceptors (Lipinski definition) is 0. The smallest absolute Gasteiger partial charge is 0.00201 e. The largest absolute Gasteiger partial charge is 0.0616 e. The molecule has 0 unspecified atom stereocenters. The van der Waals surface area contributed by atoms with Crippen LogP contribution in [0.5, 0.6) is 0 Å². The first-order chi connectivity index (χ1) is 28.8. The molecule has 0 radical (unpaired) electrons. The minimum atomic E-state index is 1.17. The average Bonchev–Trinajstić information content (AvgIpc) is 3.62. The van der Waals surface area contributed by atoms with E-state index in [1.165, 1.54) is 121 Å². The van der Waals surface area contributed by atoms with Crippen LogP contribution in [0, 0.1) is 0 Å². The molecule has 11 aromatic rings. The Bertz CT molecular complexity index is 3400. The Morgan fingerprint density at radius 2 is 0.707 bits per heavy atom. The van der Waals surface area contributed by atoms with E-state index in [9.17, 15) is 0 Å². The van der Waals surface area contributed by atoms with E-state index in [0.29, 0.717) is 0 Å². The predicted molar refractivity (Wildman–Crippen MR) is 250 cm³/mol. The molecule has 0 aliphatic heterocycles. The van der Waals surface area contributed by atoms with Crippen LogP contribution in [0.3, 0.4) is 0 Å². The van der Waals surface area contributed by atoms with E-state index in [2.05, 4.69) is 218 Å². The van der Waals surface area contributed by atoms with E-state index in [4.69, 9.17) is 0 Å². The fraction of sp³-hybridized carbons (Fsp3) is 0. The van der Waals surface area contributed by atoms with Crippen molar-refractivity contribution in [2.45, 2.75) is 0 Å². The molecule has 0 amide bonds. The van der Waals surface area contributed by atoms with Gasteiger partial charge in [-0.25, -0.2) is 0 Å². The second-order valence-corrected chi connectivity index (χ2v) is 15.5. The number of rotatable bonds is 5. The van der Waals surface area contributed by atoms with Crippen LogP contribution in [-0.2, 0) is 0 Å². The Labute approximate surface area is 337 Å². The van der Waals surface area contributed by atoms with Crippen molar-refractivity contribution >= 4 is 66.0 Å². The first-order valence-electron chi connectivity index (χ1n) is 20.2. The van der Waals surface area contributed by atoms with Gasteiger partial charge in [0.1, 0.15) is 0 Å². The maximum Gasteiger partial charge on any atom is -0.00201 e. The number of fused-ring (bicyclic) bond motifs is 7. The van der Waals surface area contributed by atoms with Crippen molar-refractivity contribution in [1.29, 1.82) is 0 Å². The summed E-state index contributed by atoms with van der Waals surface area (Å²) in [6, 6.07) is 76.1. The molecule has 0 N–H and O–H groups in total. The molecule has 0 bridgehead atoms. The van der Waals surface area contributed by atoms with Crippen molar-refractivity contribution in [3.8, 4) is 55.6 Å². The zero-order valence-electron chi connectivity index (χ0n) is 31.8. The molecule has 268 valence electrons. The Kier molecular flexibility index (Phi) is 7.33. The summed E-state index contributed by atoms with van der Waals surface area (Å²) >= 11 is 0. The van der Waals surface area contributed by atoms with Gasteiger partial charge in [0, 0.05) is 0 Å². The van der Waals surface area contributed by atoms with Crippen LogP contribution in [0.2, 0.25) is 0 Å². The molecule has 0 atom stereocenters. The van der Waals surface area contributed by atoms with E-state index in [0.717, 1.165) is 0 Å². The van der Waals surface area contributed by atoms with Crippen LogP contribution < -0.4 is 0 Å². The highest BCUT2D eigenvalue weighted by atomic mass is 14.3. The number of benzene rings is 11. The van der Waals surface area contributed by atoms with Gasteiger partial charge in [-0.3, -0.25) is 0 Å². The highest BCUT2D eigenvalue weighted by Crippen LogP contribution is 2.51.